The van der Waals surface area contributed by atoms with Crippen LogP contribution >= 0.6 is 0 Å². The van der Waals surface area contributed by atoms with Crippen LogP contribution in [0.15, 0.2) is 20.7 Å². The van der Waals surface area contributed by atoms with Crippen LogP contribution in [-0.4, -0.2) is 40.2 Å². The van der Waals surface area contributed by atoms with Gasteiger partial charge in [-0.15, -0.1) is 0 Å². The van der Waals surface area contributed by atoms with E-state index in [-0.39, 0.29) is 12.4 Å². The standard InChI is InChI=1S/C15H19F2N3O3/c1-3-5-18-10-7-20(6-4-9(10)2)15(22)13-12(14(16)17)19-11(8-21)23-13/h5,14,21H,3-4,6-8H2,1-2H3. The van der Waals surface area contributed by atoms with Gasteiger partial charge < -0.3 is 14.4 Å². The summed E-state index contributed by atoms with van der Waals surface area (Å²) in [5.74, 6) is -1.47. The summed E-state index contributed by atoms with van der Waals surface area (Å²) < 4.78 is 31.0. The highest BCUT2D eigenvalue weighted by molar-refractivity contribution is 5.93. The van der Waals surface area contributed by atoms with Crippen molar-refractivity contribution in [1.29, 1.82) is 0 Å². The van der Waals surface area contributed by atoms with Gasteiger partial charge in [0.1, 0.15) is 6.61 Å². The number of aliphatic hydroxyl groups excluding tert-OH is 1. The minimum Gasteiger partial charge on any atom is -0.432 e. The Bertz CT molecular complexity index is 638. The van der Waals surface area contributed by atoms with Crippen LogP contribution in [0.4, 0.5) is 8.78 Å². The highest BCUT2D eigenvalue weighted by Crippen LogP contribution is 2.26. The minimum absolute atomic E-state index is 0.235. The van der Waals surface area contributed by atoms with E-state index in [0.717, 1.165) is 17.7 Å². The Hall–Kier alpha value is -2.09. The van der Waals surface area contributed by atoms with Crippen molar-refractivity contribution in [2.24, 2.45) is 4.99 Å². The predicted octanol–water partition coefficient (Wildman–Crippen LogP) is 2.71. The maximum atomic E-state index is 13.0. The van der Waals surface area contributed by atoms with E-state index in [1.165, 1.54) is 4.90 Å². The number of alkyl halides is 2. The van der Waals surface area contributed by atoms with Gasteiger partial charge in [-0.3, -0.25) is 9.79 Å². The summed E-state index contributed by atoms with van der Waals surface area (Å²) in [6, 6.07) is 0. The van der Waals surface area contributed by atoms with E-state index in [1.807, 2.05) is 13.8 Å². The third-order valence-corrected chi connectivity index (χ3v) is 3.54. The van der Waals surface area contributed by atoms with Crippen LogP contribution < -0.4 is 0 Å². The van der Waals surface area contributed by atoms with E-state index in [1.54, 1.807) is 6.21 Å². The first kappa shape index (κ1) is 17.3. The van der Waals surface area contributed by atoms with Crippen molar-refractivity contribution in [3.05, 3.63) is 28.6 Å². The Labute approximate surface area is 132 Å². The number of hydrogen-bond acceptors (Lipinski definition) is 5. The highest BCUT2D eigenvalue weighted by Gasteiger charge is 2.31. The normalized spacial score (nSPS) is 16.0. The molecule has 1 N–H and O–H groups in total. The van der Waals surface area contributed by atoms with E-state index in [9.17, 15) is 13.6 Å². The SMILES string of the molecule is CCC=NC1=C(C)CCN(C(=O)c2oc(CO)nc2C(F)F)C1. The molecule has 0 saturated heterocycles. The lowest BCUT2D eigenvalue weighted by atomic mass is 10.1. The molecule has 6 nitrogen and oxygen atoms in total. The van der Waals surface area contributed by atoms with E-state index in [0.29, 0.717) is 13.0 Å². The molecular weight excluding hydrogens is 308 g/mol. The van der Waals surface area contributed by atoms with Gasteiger partial charge in [0.05, 0.1) is 12.2 Å². The molecule has 1 amide bonds. The van der Waals surface area contributed by atoms with Crippen LogP contribution in [0.3, 0.4) is 0 Å². The maximum absolute atomic E-state index is 13.0. The van der Waals surface area contributed by atoms with Gasteiger partial charge in [0.2, 0.25) is 11.7 Å². The van der Waals surface area contributed by atoms with Crippen molar-refractivity contribution >= 4 is 12.1 Å². The van der Waals surface area contributed by atoms with Gasteiger partial charge in [-0.25, -0.2) is 13.8 Å². The fourth-order valence-electron chi connectivity index (χ4n) is 2.26. The Balaban J connectivity index is 2.25. The number of aliphatic imine (C=N–C) groups is 1. The van der Waals surface area contributed by atoms with Crippen LogP contribution in [0.5, 0.6) is 0 Å². The number of rotatable bonds is 5. The number of carbonyl (C=O) groups is 1. The van der Waals surface area contributed by atoms with Crippen molar-refractivity contribution in [2.75, 3.05) is 13.1 Å². The number of aromatic nitrogens is 1. The molecule has 0 saturated carbocycles. The lowest BCUT2D eigenvalue weighted by Gasteiger charge is -2.27. The monoisotopic (exact) mass is 327 g/mol. The van der Waals surface area contributed by atoms with Gasteiger partial charge in [-0.05, 0) is 25.3 Å². The highest BCUT2D eigenvalue weighted by atomic mass is 19.3. The maximum Gasteiger partial charge on any atom is 0.292 e. The molecular formula is C15H19F2N3O3. The second-order valence-electron chi connectivity index (χ2n) is 5.20. The van der Waals surface area contributed by atoms with Crippen molar-refractivity contribution in [3.63, 3.8) is 0 Å². The van der Waals surface area contributed by atoms with Crippen LogP contribution in [0.25, 0.3) is 0 Å². The summed E-state index contributed by atoms with van der Waals surface area (Å²) in [7, 11) is 0. The van der Waals surface area contributed by atoms with E-state index < -0.39 is 30.4 Å². The minimum atomic E-state index is -2.95. The van der Waals surface area contributed by atoms with Gasteiger partial charge in [-0.1, -0.05) is 6.92 Å². The number of halogens is 2. The van der Waals surface area contributed by atoms with E-state index in [4.69, 9.17) is 9.52 Å². The molecule has 126 valence electrons. The van der Waals surface area contributed by atoms with Gasteiger partial charge in [-0.2, -0.15) is 0 Å². The quantitative estimate of drug-likeness (QED) is 0.843. The molecule has 0 aliphatic carbocycles. The molecule has 1 aliphatic rings. The molecule has 0 unspecified atom stereocenters. The fraction of sp³-hybridized carbons (Fsp3) is 0.533. The molecule has 8 heteroatoms. The summed E-state index contributed by atoms with van der Waals surface area (Å²) in [6.07, 6.45) is 0.183. The average Bonchev–Trinajstić information content (AvgIpc) is 2.98. The fourth-order valence-corrected chi connectivity index (χ4v) is 2.26. The number of aliphatic hydroxyl groups is 1. The number of oxazole rings is 1. The summed E-state index contributed by atoms with van der Waals surface area (Å²) in [4.78, 5) is 21.7. The van der Waals surface area contributed by atoms with Crippen molar-refractivity contribution in [2.45, 2.75) is 39.7 Å². The predicted molar refractivity (Wildman–Crippen MR) is 79.4 cm³/mol. The summed E-state index contributed by atoms with van der Waals surface area (Å²) in [5.41, 5.74) is 1.09. The first-order valence-corrected chi connectivity index (χ1v) is 7.36. The molecule has 2 rings (SSSR count). The largest absolute Gasteiger partial charge is 0.432 e. The Morgan fingerprint density at radius 2 is 2.30 bits per heavy atom. The number of nitrogens with zero attached hydrogens (tertiary/aromatic N) is 3. The molecule has 0 aromatic carbocycles. The lowest BCUT2D eigenvalue weighted by Crippen LogP contribution is -2.37. The first-order valence-electron chi connectivity index (χ1n) is 7.36. The van der Waals surface area contributed by atoms with Crippen molar-refractivity contribution in [1.82, 2.24) is 9.88 Å². The van der Waals surface area contributed by atoms with Gasteiger partial charge in [0.15, 0.2) is 5.69 Å². The average molecular weight is 327 g/mol. The number of carbonyl (C=O) groups excluding carboxylic acids is 1. The van der Waals surface area contributed by atoms with Crippen LogP contribution in [-0.2, 0) is 6.61 Å². The van der Waals surface area contributed by atoms with Gasteiger partial charge >= 0.3 is 0 Å². The van der Waals surface area contributed by atoms with E-state index in [2.05, 4.69) is 9.98 Å². The summed E-state index contributed by atoms with van der Waals surface area (Å²) >= 11 is 0. The zero-order chi connectivity index (χ0) is 17.0. The molecule has 1 aromatic rings. The Kier molecular flexibility index (Phi) is 5.59. The summed E-state index contributed by atoms with van der Waals surface area (Å²) in [6.45, 7) is 3.88. The van der Waals surface area contributed by atoms with Crippen molar-refractivity contribution < 1.29 is 23.1 Å². The number of amides is 1. The Morgan fingerprint density at radius 1 is 1.57 bits per heavy atom. The molecule has 2 heterocycles. The zero-order valence-corrected chi connectivity index (χ0v) is 13.1. The molecule has 0 radical (unpaired) electrons. The second kappa shape index (κ2) is 7.45. The number of hydrogen-bond donors (Lipinski definition) is 1. The first-order chi connectivity index (χ1) is 11.0. The van der Waals surface area contributed by atoms with Crippen LogP contribution in [0.1, 0.15) is 55.3 Å². The van der Waals surface area contributed by atoms with E-state index >= 15 is 0 Å². The molecule has 0 bridgehead atoms. The third-order valence-electron chi connectivity index (χ3n) is 3.54. The lowest BCUT2D eigenvalue weighted by molar-refractivity contribution is 0.0710. The van der Waals surface area contributed by atoms with Crippen molar-refractivity contribution in [3.8, 4) is 0 Å². The zero-order valence-electron chi connectivity index (χ0n) is 13.1. The molecule has 1 aromatic heterocycles. The molecule has 0 atom stereocenters. The van der Waals surface area contributed by atoms with Gasteiger partial charge in [0.25, 0.3) is 12.3 Å². The summed E-state index contributed by atoms with van der Waals surface area (Å²) in [5, 5.41) is 8.97. The Morgan fingerprint density at radius 3 is 2.91 bits per heavy atom. The smallest absolute Gasteiger partial charge is 0.292 e. The molecule has 0 spiro atoms. The molecule has 23 heavy (non-hydrogen) atoms. The second-order valence-corrected chi connectivity index (χ2v) is 5.20. The van der Waals surface area contributed by atoms with Gasteiger partial charge in [0, 0.05) is 12.8 Å². The molecule has 1 aliphatic heterocycles. The molecule has 0 fully saturated rings. The third kappa shape index (κ3) is 3.82. The topological polar surface area (TPSA) is 78.9 Å². The van der Waals surface area contributed by atoms with Crippen LogP contribution in [0.2, 0.25) is 0 Å². The van der Waals surface area contributed by atoms with Crippen LogP contribution in [0, 0.1) is 0 Å².